The van der Waals surface area contributed by atoms with Crippen LogP contribution in [-0.2, 0) is 10.0 Å². The van der Waals surface area contributed by atoms with Gasteiger partial charge in [-0.25, -0.2) is 8.42 Å². The van der Waals surface area contributed by atoms with Gasteiger partial charge in [0.15, 0.2) is 0 Å². The average Bonchev–Trinajstić information content (AvgIpc) is 2.67. The highest BCUT2D eigenvalue weighted by Gasteiger charge is 2.41. The van der Waals surface area contributed by atoms with Crippen molar-refractivity contribution in [1.82, 2.24) is 9.21 Å². The summed E-state index contributed by atoms with van der Waals surface area (Å²) in [5.74, 6) is -0.101. The van der Waals surface area contributed by atoms with Crippen molar-refractivity contribution in [1.29, 1.82) is 5.26 Å². The molecule has 0 saturated carbocycles. The van der Waals surface area contributed by atoms with Crippen LogP contribution in [0.15, 0.2) is 59.5 Å². The lowest BCUT2D eigenvalue weighted by Crippen LogP contribution is -2.61. The van der Waals surface area contributed by atoms with E-state index < -0.39 is 15.6 Å². The van der Waals surface area contributed by atoms with Gasteiger partial charge in [-0.05, 0) is 50.2 Å². The summed E-state index contributed by atoms with van der Waals surface area (Å²) < 4.78 is 27.3. The normalized spacial score (nSPS) is 17.3. The zero-order valence-corrected chi connectivity index (χ0v) is 16.1. The van der Waals surface area contributed by atoms with Crippen LogP contribution in [0.3, 0.4) is 0 Å². The topological polar surface area (TPSA) is 81.5 Å². The van der Waals surface area contributed by atoms with Crippen LogP contribution >= 0.6 is 0 Å². The Bertz CT molecular complexity index is 977. The van der Waals surface area contributed by atoms with Crippen molar-refractivity contribution in [2.45, 2.75) is 24.3 Å². The second kappa shape index (κ2) is 7.14. The molecule has 0 atom stereocenters. The minimum atomic E-state index is -3.69. The van der Waals surface area contributed by atoms with Crippen molar-refractivity contribution in [2.75, 3.05) is 19.6 Å². The minimum Gasteiger partial charge on any atom is -0.331 e. The van der Waals surface area contributed by atoms with Gasteiger partial charge in [-0.3, -0.25) is 4.79 Å². The number of hydrogen-bond donors (Lipinski definition) is 0. The molecule has 0 radical (unpaired) electrons. The van der Waals surface area contributed by atoms with E-state index in [1.165, 1.54) is 28.6 Å². The molecule has 1 amide bonds. The largest absolute Gasteiger partial charge is 0.331 e. The van der Waals surface area contributed by atoms with Gasteiger partial charge in [-0.15, -0.1) is 0 Å². The minimum absolute atomic E-state index is 0.101. The van der Waals surface area contributed by atoms with E-state index in [9.17, 15) is 13.2 Å². The Morgan fingerprint density at radius 1 is 1.04 bits per heavy atom. The van der Waals surface area contributed by atoms with Crippen LogP contribution in [0.25, 0.3) is 0 Å². The van der Waals surface area contributed by atoms with Crippen molar-refractivity contribution in [3.8, 4) is 6.07 Å². The first-order valence-corrected chi connectivity index (χ1v) is 10.1. The van der Waals surface area contributed by atoms with Gasteiger partial charge in [0.1, 0.15) is 0 Å². The molecule has 2 aromatic carbocycles. The lowest BCUT2D eigenvalue weighted by atomic mass is 9.98. The van der Waals surface area contributed by atoms with Crippen molar-refractivity contribution >= 4 is 15.9 Å². The standard InChI is InChI=1S/C20H21N3O3S/c1-20(2)15-22(27(25,26)18-10-8-16(14-21)9-11-18)12-13-23(20)19(24)17-6-4-3-5-7-17/h3-11H,12-13,15H2,1-2H3. The molecule has 7 heteroatoms. The zero-order chi connectivity index (χ0) is 19.7. The number of nitrogens with zero attached hydrogens (tertiary/aromatic N) is 3. The van der Waals surface area contributed by atoms with E-state index in [1.807, 2.05) is 38.1 Å². The molecule has 1 aliphatic rings. The van der Waals surface area contributed by atoms with E-state index in [0.29, 0.717) is 17.7 Å². The van der Waals surface area contributed by atoms with Crippen LogP contribution in [0.2, 0.25) is 0 Å². The van der Waals surface area contributed by atoms with Crippen LogP contribution in [0.1, 0.15) is 29.8 Å². The Morgan fingerprint density at radius 3 is 2.22 bits per heavy atom. The molecule has 1 aliphatic heterocycles. The van der Waals surface area contributed by atoms with Gasteiger partial charge >= 0.3 is 0 Å². The third kappa shape index (κ3) is 3.72. The Morgan fingerprint density at radius 2 is 1.67 bits per heavy atom. The molecule has 1 heterocycles. The van der Waals surface area contributed by atoms with Gasteiger partial charge in [-0.1, -0.05) is 18.2 Å². The van der Waals surface area contributed by atoms with Gasteiger partial charge < -0.3 is 4.90 Å². The summed E-state index contributed by atoms with van der Waals surface area (Å²) in [6, 6.07) is 16.9. The maximum absolute atomic E-state index is 13.0. The third-order valence-corrected chi connectivity index (χ3v) is 6.61. The summed E-state index contributed by atoms with van der Waals surface area (Å²) in [6.07, 6.45) is 0. The van der Waals surface area contributed by atoms with E-state index in [1.54, 1.807) is 17.0 Å². The molecular weight excluding hydrogens is 362 g/mol. The highest BCUT2D eigenvalue weighted by molar-refractivity contribution is 7.89. The van der Waals surface area contributed by atoms with Crippen molar-refractivity contribution < 1.29 is 13.2 Å². The molecule has 1 fully saturated rings. The Hall–Kier alpha value is -2.69. The molecule has 0 spiro atoms. The molecule has 0 unspecified atom stereocenters. The predicted octanol–water partition coefficient (Wildman–Crippen LogP) is 2.48. The molecule has 2 aromatic rings. The second-order valence-corrected chi connectivity index (χ2v) is 9.05. The quantitative estimate of drug-likeness (QED) is 0.815. The Labute approximate surface area is 159 Å². The monoisotopic (exact) mass is 383 g/mol. The van der Waals surface area contributed by atoms with Crippen LogP contribution in [0.4, 0.5) is 0 Å². The summed E-state index contributed by atoms with van der Waals surface area (Å²) in [7, 11) is -3.69. The van der Waals surface area contributed by atoms with Crippen LogP contribution in [-0.4, -0.2) is 48.7 Å². The molecule has 6 nitrogen and oxygen atoms in total. The number of piperazine rings is 1. The number of carbonyl (C=O) groups is 1. The highest BCUT2D eigenvalue weighted by atomic mass is 32.2. The second-order valence-electron chi connectivity index (χ2n) is 7.11. The first-order chi connectivity index (χ1) is 12.8. The van der Waals surface area contributed by atoms with Crippen molar-refractivity contribution in [2.24, 2.45) is 0 Å². The van der Waals surface area contributed by atoms with E-state index >= 15 is 0 Å². The number of hydrogen-bond acceptors (Lipinski definition) is 4. The summed E-state index contributed by atoms with van der Waals surface area (Å²) in [6.45, 7) is 4.48. The highest BCUT2D eigenvalue weighted by Crippen LogP contribution is 2.27. The molecule has 0 aromatic heterocycles. The average molecular weight is 383 g/mol. The van der Waals surface area contributed by atoms with Crippen LogP contribution in [0.5, 0.6) is 0 Å². The first kappa shape index (κ1) is 19.1. The summed E-state index contributed by atoms with van der Waals surface area (Å²) >= 11 is 0. The lowest BCUT2D eigenvalue weighted by Gasteiger charge is -2.46. The Kier molecular flexibility index (Phi) is 5.05. The summed E-state index contributed by atoms with van der Waals surface area (Å²) in [5, 5.41) is 8.88. The number of benzene rings is 2. The number of amides is 1. The van der Waals surface area contributed by atoms with Gasteiger partial charge in [0, 0.05) is 25.2 Å². The van der Waals surface area contributed by atoms with Crippen LogP contribution in [0, 0.1) is 11.3 Å². The molecule has 3 rings (SSSR count). The maximum Gasteiger partial charge on any atom is 0.254 e. The maximum atomic E-state index is 13.0. The van der Waals surface area contributed by atoms with Gasteiger partial charge in [0.2, 0.25) is 10.0 Å². The summed E-state index contributed by atoms with van der Waals surface area (Å²) in [5.41, 5.74) is 0.353. The van der Waals surface area contributed by atoms with Crippen molar-refractivity contribution in [3.05, 3.63) is 65.7 Å². The smallest absolute Gasteiger partial charge is 0.254 e. The SMILES string of the molecule is CC1(C)CN(S(=O)(=O)c2ccc(C#N)cc2)CCN1C(=O)c1ccccc1. The molecule has 140 valence electrons. The zero-order valence-electron chi connectivity index (χ0n) is 15.3. The fraction of sp³-hybridized carbons (Fsp3) is 0.300. The molecule has 0 N–H and O–H groups in total. The van der Waals surface area contributed by atoms with Gasteiger partial charge in [-0.2, -0.15) is 9.57 Å². The van der Waals surface area contributed by atoms with E-state index in [-0.39, 0.29) is 23.9 Å². The fourth-order valence-corrected chi connectivity index (χ4v) is 4.86. The fourth-order valence-electron chi connectivity index (χ4n) is 3.28. The van der Waals surface area contributed by atoms with Crippen LogP contribution < -0.4 is 0 Å². The molecule has 1 saturated heterocycles. The van der Waals surface area contributed by atoms with E-state index in [2.05, 4.69) is 0 Å². The molecule has 0 aliphatic carbocycles. The van der Waals surface area contributed by atoms with Gasteiger partial charge in [0.25, 0.3) is 5.91 Å². The summed E-state index contributed by atoms with van der Waals surface area (Å²) in [4.78, 5) is 14.7. The Balaban J connectivity index is 1.82. The number of carbonyl (C=O) groups excluding carboxylic acids is 1. The molecular formula is C20H21N3O3S. The predicted molar refractivity (Wildman–Crippen MR) is 101 cm³/mol. The third-order valence-electron chi connectivity index (χ3n) is 4.75. The lowest BCUT2D eigenvalue weighted by molar-refractivity contribution is 0.0352. The number of rotatable bonds is 3. The molecule has 27 heavy (non-hydrogen) atoms. The van der Waals surface area contributed by atoms with Crippen molar-refractivity contribution in [3.63, 3.8) is 0 Å². The number of sulfonamides is 1. The molecule has 0 bridgehead atoms. The van der Waals surface area contributed by atoms with E-state index in [0.717, 1.165) is 0 Å². The number of nitriles is 1. The van der Waals surface area contributed by atoms with Gasteiger partial charge in [0.05, 0.1) is 22.1 Å². The van der Waals surface area contributed by atoms with E-state index in [4.69, 9.17) is 5.26 Å². The first-order valence-electron chi connectivity index (χ1n) is 8.63.